The number of aryl methyl sites for hydroxylation is 4. The maximum atomic E-state index is 12.1. The third kappa shape index (κ3) is 5.26. The molecule has 0 saturated carbocycles. The van der Waals surface area contributed by atoms with Crippen LogP contribution in [0, 0.1) is 20.8 Å². The molecule has 2 aromatic rings. The molecule has 6 nitrogen and oxygen atoms in total. The molecule has 2 N–H and O–H groups in total. The predicted octanol–water partition coefficient (Wildman–Crippen LogP) is 3.04. The first kappa shape index (κ1) is 18.3. The van der Waals surface area contributed by atoms with Crippen molar-refractivity contribution < 1.29 is 4.79 Å². The lowest BCUT2D eigenvalue weighted by Crippen LogP contribution is -2.29. The van der Waals surface area contributed by atoms with Crippen LogP contribution in [0.2, 0.25) is 0 Å². The molecule has 0 aliphatic heterocycles. The first-order chi connectivity index (χ1) is 11.5. The molecule has 130 valence electrons. The summed E-state index contributed by atoms with van der Waals surface area (Å²) in [6.07, 6.45) is 3.11. The fourth-order valence-corrected chi connectivity index (χ4v) is 3.17. The van der Waals surface area contributed by atoms with E-state index in [2.05, 4.69) is 32.5 Å². The molecule has 0 bridgehead atoms. The summed E-state index contributed by atoms with van der Waals surface area (Å²) in [6, 6.07) is 1.92. The Morgan fingerprint density at radius 2 is 1.96 bits per heavy atom. The molecule has 1 amide bonds. The highest BCUT2D eigenvalue weighted by Gasteiger charge is 2.13. The number of anilines is 1. The molecule has 0 unspecified atom stereocenters. The Kier molecular flexibility index (Phi) is 6.66. The fraction of sp³-hybridized carbons (Fsp3) is 0.529. The van der Waals surface area contributed by atoms with Crippen LogP contribution in [0.25, 0.3) is 0 Å². The zero-order valence-corrected chi connectivity index (χ0v) is 15.6. The molecule has 0 aliphatic carbocycles. The van der Waals surface area contributed by atoms with E-state index in [4.69, 9.17) is 0 Å². The minimum Gasteiger partial charge on any atom is -0.368 e. The molecule has 0 spiro atoms. The number of nitrogens with zero attached hydrogens (tertiary/aromatic N) is 3. The second kappa shape index (κ2) is 8.73. The van der Waals surface area contributed by atoms with Gasteiger partial charge in [-0.25, -0.2) is 15.0 Å². The number of rotatable bonds is 8. The zero-order chi connectivity index (χ0) is 17.5. The van der Waals surface area contributed by atoms with Crippen LogP contribution in [0.1, 0.15) is 51.7 Å². The highest BCUT2D eigenvalue weighted by Crippen LogP contribution is 2.16. The van der Waals surface area contributed by atoms with E-state index in [1.807, 2.05) is 26.8 Å². The van der Waals surface area contributed by atoms with E-state index < -0.39 is 0 Å². The van der Waals surface area contributed by atoms with E-state index >= 15 is 0 Å². The number of hydrogen-bond donors (Lipinski definition) is 2. The van der Waals surface area contributed by atoms with Crippen LogP contribution in [0.4, 0.5) is 5.82 Å². The van der Waals surface area contributed by atoms with Gasteiger partial charge in [0.15, 0.2) is 0 Å². The number of unbranched alkanes of at least 4 members (excludes halogenated alkanes) is 1. The van der Waals surface area contributed by atoms with E-state index in [-0.39, 0.29) is 5.91 Å². The SMILES string of the molecule is CCCCc1nc(C)cc(NCCNC(=O)c2nc(C)sc2C)n1. The molecule has 2 rings (SSSR count). The van der Waals surface area contributed by atoms with E-state index in [0.29, 0.717) is 18.8 Å². The Morgan fingerprint density at radius 3 is 2.62 bits per heavy atom. The zero-order valence-electron chi connectivity index (χ0n) is 14.8. The average molecular weight is 347 g/mol. The number of amides is 1. The van der Waals surface area contributed by atoms with Gasteiger partial charge in [-0.15, -0.1) is 11.3 Å². The van der Waals surface area contributed by atoms with E-state index in [1.54, 1.807) is 0 Å². The van der Waals surface area contributed by atoms with Crippen molar-refractivity contribution in [3.8, 4) is 0 Å². The number of carbonyl (C=O) groups excluding carboxylic acids is 1. The Bertz CT molecular complexity index is 698. The maximum absolute atomic E-state index is 12.1. The number of nitrogens with one attached hydrogen (secondary N) is 2. The summed E-state index contributed by atoms with van der Waals surface area (Å²) in [5, 5.41) is 7.04. The van der Waals surface area contributed by atoms with Gasteiger partial charge in [-0.2, -0.15) is 0 Å². The van der Waals surface area contributed by atoms with Gasteiger partial charge in [0.2, 0.25) is 0 Å². The van der Waals surface area contributed by atoms with Gasteiger partial charge >= 0.3 is 0 Å². The van der Waals surface area contributed by atoms with Gasteiger partial charge in [0.05, 0.1) is 5.01 Å². The van der Waals surface area contributed by atoms with Crippen LogP contribution >= 0.6 is 11.3 Å². The summed E-state index contributed by atoms with van der Waals surface area (Å²) in [4.78, 5) is 26.3. The van der Waals surface area contributed by atoms with E-state index in [9.17, 15) is 4.79 Å². The lowest BCUT2D eigenvalue weighted by atomic mass is 10.2. The third-order valence-electron chi connectivity index (χ3n) is 3.49. The van der Waals surface area contributed by atoms with Gasteiger partial charge in [-0.05, 0) is 27.2 Å². The quantitative estimate of drug-likeness (QED) is 0.718. The van der Waals surface area contributed by atoms with Crippen molar-refractivity contribution in [2.24, 2.45) is 0 Å². The fourth-order valence-electron chi connectivity index (χ4n) is 2.36. The first-order valence-corrected chi connectivity index (χ1v) is 9.12. The minimum atomic E-state index is -0.124. The molecule has 0 fully saturated rings. The van der Waals surface area contributed by atoms with Crippen molar-refractivity contribution in [2.75, 3.05) is 18.4 Å². The lowest BCUT2D eigenvalue weighted by molar-refractivity contribution is 0.0950. The molecular weight excluding hydrogens is 322 g/mol. The Balaban J connectivity index is 1.82. The molecule has 7 heteroatoms. The maximum Gasteiger partial charge on any atom is 0.271 e. The highest BCUT2D eigenvalue weighted by atomic mass is 32.1. The largest absolute Gasteiger partial charge is 0.368 e. The normalized spacial score (nSPS) is 10.7. The molecule has 2 aromatic heterocycles. The van der Waals surface area contributed by atoms with E-state index in [1.165, 1.54) is 11.3 Å². The van der Waals surface area contributed by atoms with Crippen molar-refractivity contribution in [1.82, 2.24) is 20.3 Å². The highest BCUT2D eigenvalue weighted by molar-refractivity contribution is 7.11. The van der Waals surface area contributed by atoms with Crippen molar-refractivity contribution in [2.45, 2.75) is 47.0 Å². The Morgan fingerprint density at radius 1 is 1.17 bits per heavy atom. The number of carbonyl (C=O) groups is 1. The van der Waals surface area contributed by atoms with Crippen LogP contribution in [-0.4, -0.2) is 33.9 Å². The summed E-state index contributed by atoms with van der Waals surface area (Å²) in [6.45, 7) is 9.07. The summed E-state index contributed by atoms with van der Waals surface area (Å²) < 4.78 is 0. The van der Waals surface area contributed by atoms with Gasteiger partial charge in [0, 0.05) is 36.1 Å². The standard InChI is InChI=1S/C17H25N5OS/c1-5-6-7-14-20-11(2)10-15(22-14)18-8-9-19-17(23)16-12(3)24-13(4)21-16/h10H,5-9H2,1-4H3,(H,19,23)(H,18,20,22). The molecule has 2 heterocycles. The van der Waals surface area contributed by atoms with Crippen molar-refractivity contribution >= 4 is 23.1 Å². The molecule has 0 radical (unpaired) electrons. The summed E-state index contributed by atoms with van der Waals surface area (Å²) in [5.74, 6) is 1.56. The Hall–Kier alpha value is -2.02. The molecular formula is C17H25N5OS. The molecule has 0 aromatic carbocycles. The lowest BCUT2D eigenvalue weighted by Gasteiger charge is -2.09. The van der Waals surface area contributed by atoms with E-state index in [0.717, 1.165) is 46.5 Å². The van der Waals surface area contributed by atoms with Crippen LogP contribution in [0.15, 0.2) is 6.07 Å². The van der Waals surface area contributed by atoms with Crippen LogP contribution < -0.4 is 10.6 Å². The molecule has 0 saturated heterocycles. The van der Waals surface area contributed by atoms with Gasteiger partial charge < -0.3 is 10.6 Å². The average Bonchev–Trinajstić information content (AvgIpc) is 2.87. The summed E-state index contributed by atoms with van der Waals surface area (Å²) in [5.41, 5.74) is 1.48. The molecule has 0 atom stereocenters. The summed E-state index contributed by atoms with van der Waals surface area (Å²) in [7, 11) is 0. The number of hydrogen-bond acceptors (Lipinski definition) is 6. The third-order valence-corrected chi connectivity index (χ3v) is 4.38. The van der Waals surface area contributed by atoms with Gasteiger partial charge in [0.25, 0.3) is 5.91 Å². The smallest absolute Gasteiger partial charge is 0.271 e. The van der Waals surface area contributed by atoms with Gasteiger partial charge in [0.1, 0.15) is 17.3 Å². The monoisotopic (exact) mass is 347 g/mol. The van der Waals surface area contributed by atoms with Crippen molar-refractivity contribution in [3.05, 3.63) is 33.2 Å². The van der Waals surface area contributed by atoms with Crippen LogP contribution in [0.5, 0.6) is 0 Å². The van der Waals surface area contributed by atoms with Crippen molar-refractivity contribution in [3.63, 3.8) is 0 Å². The van der Waals surface area contributed by atoms with Gasteiger partial charge in [-0.1, -0.05) is 13.3 Å². The van der Waals surface area contributed by atoms with Crippen molar-refractivity contribution in [1.29, 1.82) is 0 Å². The minimum absolute atomic E-state index is 0.124. The first-order valence-electron chi connectivity index (χ1n) is 8.30. The van der Waals surface area contributed by atoms with Crippen LogP contribution in [0.3, 0.4) is 0 Å². The predicted molar refractivity (Wildman–Crippen MR) is 97.8 cm³/mol. The Labute approximate surface area is 147 Å². The molecule has 24 heavy (non-hydrogen) atoms. The molecule has 0 aliphatic rings. The number of aromatic nitrogens is 3. The topological polar surface area (TPSA) is 79.8 Å². The second-order valence-electron chi connectivity index (χ2n) is 5.73. The van der Waals surface area contributed by atoms with Gasteiger partial charge in [-0.3, -0.25) is 4.79 Å². The number of thiazole rings is 1. The summed E-state index contributed by atoms with van der Waals surface area (Å²) >= 11 is 1.54. The second-order valence-corrected chi connectivity index (χ2v) is 7.14. The van der Waals surface area contributed by atoms with Crippen LogP contribution in [-0.2, 0) is 6.42 Å².